The van der Waals surface area contributed by atoms with Crippen LogP contribution in [-0.4, -0.2) is 70.8 Å². The molecule has 9 heteroatoms. The summed E-state index contributed by atoms with van der Waals surface area (Å²) < 4.78 is 1.22. The van der Waals surface area contributed by atoms with Crippen LogP contribution in [0.15, 0.2) is 0 Å². The van der Waals surface area contributed by atoms with E-state index in [1.54, 1.807) is 0 Å². The first-order chi connectivity index (χ1) is 8.61. The minimum Gasteiger partial charge on any atom is -0.411 e. The number of piperazine rings is 2. The average Bonchev–Trinajstić information content (AvgIpc) is 2.41. The van der Waals surface area contributed by atoms with E-state index in [9.17, 15) is 0 Å². The molecule has 0 aromatic rings. The molecule has 0 aliphatic carbocycles. The van der Waals surface area contributed by atoms with E-state index in [1.807, 2.05) is 9.80 Å². The van der Waals surface area contributed by atoms with Gasteiger partial charge in [-0.1, -0.05) is 8.64 Å². The van der Waals surface area contributed by atoms with Gasteiger partial charge in [0.2, 0.25) is 0 Å². The second-order valence-electron chi connectivity index (χ2n) is 4.01. The van der Waals surface area contributed by atoms with Crippen molar-refractivity contribution in [3.63, 3.8) is 0 Å². The average molecular weight is 388 g/mol. The molecule has 2 aliphatic rings. The van der Waals surface area contributed by atoms with Crippen molar-refractivity contribution < 1.29 is 19.5 Å². The van der Waals surface area contributed by atoms with Crippen LogP contribution in [0.25, 0.3) is 0 Å². The zero-order chi connectivity index (χ0) is 13.4. The molecular weight excluding hydrogens is 370 g/mol. The van der Waals surface area contributed by atoms with Crippen LogP contribution in [0.2, 0.25) is 0 Å². The van der Waals surface area contributed by atoms with Crippen LogP contribution in [0.5, 0.6) is 0 Å². The Kier molecular flexibility index (Phi) is 11.9. The third-order valence-electron chi connectivity index (χ3n) is 2.75. The minimum atomic E-state index is 0. The molecule has 0 unspecified atom stereocenters. The predicted molar refractivity (Wildman–Crippen MR) is 88.8 cm³/mol. The van der Waals surface area contributed by atoms with E-state index in [0.29, 0.717) is 8.64 Å². The van der Waals surface area contributed by atoms with Gasteiger partial charge in [0.05, 0.1) is 0 Å². The SMILES string of the molecule is S=C([S-])N1CCNCC1.S=C([S-])N1CCNCC1.[Zn+2]. The molecule has 0 amide bonds. The van der Waals surface area contributed by atoms with Crippen molar-refractivity contribution >= 4 is 58.3 Å². The van der Waals surface area contributed by atoms with Gasteiger partial charge in [-0.2, -0.15) is 0 Å². The molecule has 0 saturated carbocycles. The zero-order valence-electron chi connectivity index (χ0n) is 10.9. The molecule has 0 aromatic heterocycles. The Morgan fingerprint density at radius 1 is 0.737 bits per heavy atom. The molecule has 0 bridgehead atoms. The molecule has 0 radical (unpaired) electrons. The normalized spacial score (nSPS) is 18.7. The molecule has 2 aliphatic heterocycles. The fourth-order valence-corrected chi connectivity index (χ4v) is 2.43. The summed E-state index contributed by atoms with van der Waals surface area (Å²) in [7, 11) is 0. The third-order valence-corrected chi connectivity index (χ3v) is 3.78. The van der Waals surface area contributed by atoms with Crippen molar-refractivity contribution in [1.29, 1.82) is 0 Å². The molecule has 2 saturated heterocycles. The monoisotopic (exact) mass is 386 g/mol. The van der Waals surface area contributed by atoms with Gasteiger partial charge < -0.3 is 70.1 Å². The number of hydrogen-bond acceptors (Lipinski definition) is 6. The van der Waals surface area contributed by atoms with Crippen LogP contribution in [0, 0.1) is 0 Å². The van der Waals surface area contributed by atoms with Crippen molar-refractivity contribution in [3.05, 3.63) is 0 Å². The minimum absolute atomic E-state index is 0. The first-order valence-corrected chi connectivity index (χ1v) is 7.58. The summed E-state index contributed by atoms with van der Waals surface area (Å²) in [6.07, 6.45) is 0. The van der Waals surface area contributed by atoms with E-state index in [0.717, 1.165) is 52.4 Å². The van der Waals surface area contributed by atoms with E-state index in [1.165, 1.54) is 0 Å². The van der Waals surface area contributed by atoms with Crippen LogP contribution < -0.4 is 10.6 Å². The van der Waals surface area contributed by atoms with E-state index >= 15 is 0 Å². The maximum Gasteiger partial charge on any atom is 2.00 e. The summed E-state index contributed by atoms with van der Waals surface area (Å²) in [5, 5.41) is 6.44. The summed E-state index contributed by atoms with van der Waals surface area (Å²) in [6.45, 7) is 7.94. The maximum atomic E-state index is 4.83. The molecule has 2 N–H and O–H groups in total. The fraction of sp³-hybridized carbons (Fsp3) is 0.800. The van der Waals surface area contributed by atoms with Crippen LogP contribution >= 0.6 is 24.4 Å². The Morgan fingerprint density at radius 2 is 1.00 bits per heavy atom. The summed E-state index contributed by atoms with van der Waals surface area (Å²) in [5.74, 6) is 0. The third kappa shape index (κ3) is 8.60. The Bertz CT molecular complexity index is 253. The number of rotatable bonds is 0. The zero-order valence-corrected chi connectivity index (χ0v) is 17.1. The summed E-state index contributed by atoms with van der Waals surface area (Å²) in [4.78, 5) is 4.09. The molecule has 2 fully saturated rings. The Balaban J connectivity index is 0.000000324. The second-order valence-corrected chi connectivity index (χ2v) is 6.07. The van der Waals surface area contributed by atoms with Crippen LogP contribution in [0.1, 0.15) is 0 Å². The number of nitrogens with zero attached hydrogens (tertiary/aromatic N) is 2. The maximum absolute atomic E-state index is 4.83. The molecule has 2 rings (SSSR count). The van der Waals surface area contributed by atoms with E-state index < -0.39 is 0 Å². The predicted octanol–water partition coefficient (Wildman–Crippen LogP) is -0.556. The van der Waals surface area contributed by atoms with Gasteiger partial charge in [-0.15, -0.1) is 0 Å². The molecule has 0 aromatic carbocycles. The molecule has 0 atom stereocenters. The van der Waals surface area contributed by atoms with E-state index in [2.05, 4.69) is 10.6 Å². The van der Waals surface area contributed by atoms with Crippen LogP contribution in [-0.2, 0) is 44.7 Å². The van der Waals surface area contributed by atoms with Gasteiger partial charge in [0, 0.05) is 52.4 Å². The molecule has 104 valence electrons. The molecular formula is C10H18N4S4Zn. The van der Waals surface area contributed by atoms with E-state index in [4.69, 9.17) is 49.7 Å². The van der Waals surface area contributed by atoms with Crippen molar-refractivity contribution in [2.75, 3.05) is 52.4 Å². The molecule has 4 nitrogen and oxygen atoms in total. The largest absolute Gasteiger partial charge is 2.00 e. The van der Waals surface area contributed by atoms with Crippen LogP contribution in [0.4, 0.5) is 0 Å². The van der Waals surface area contributed by atoms with Gasteiger partial charge in [-0.05, 0) is 0 Å². The first-order valence-electron chi connectivity index (χ1n) is 5.94. The van der Waals surface area contributed by atoms with E-state index in [-0.39, 0.29) is 19.5 Å². The van der Waals surface area contributed by atoms with Gasteiger partial charge >= 0.3 is 19.5 Å². The fourth-order valence-electron chi connectivity index (χ4n) is 1.69. The number of nitrogens with one attached hydrogen (secondary N) is 2. The molecule has 19 heavy (non-hydrogen) atoms. The van der Waals surface area contributed by atoms with Gasteiger partial charge in [-0.3, -0.25) is 0 Å². The van der Waals surface area contributed by atoms with Crippen molar-refractivity contribution in [3.8, 4) is 0 Å². The number of thiocarbonyl (C=S) groups is 2. The smallest absolute Gasteiger partial charge is 0.411 e. The Morgan fingerprint density at radius 3 is 1.16 bits per heavy atom. The van der Waals surface area contributed by atoms with Crippen LogP contribution in [0.3, 0.4) is 0 Å². The van der Waals surface area contributed by atoms with Crippen molar-refractivity contribution in [2.45, 2.75) is 0 Å². The quantitative estimate of drug-likeness (QED) is 0.325. The van der Waals surface area contributed by atoms with Crippen molar-refractivity contribution in [1.82, 2.24) is 20.4 Å². The topological polar surface area (TPSA) is 30.5 Å². The second kappa shape index (κ2) is 11.4. The Labute approximate surface area is 150 Å². The van der Waals surface area contributed by atoms with Gasteiger partial charge in [0.15, 0.2) is 0 Å². The van der Waals surface area contributed by atoms with Gasteiger partial charge in [0.1, 0.15) is 0 Å². The van der Waals surface area contributed by atoms with Crippen molar-refractivity contribution in [2.24, 2.45) is 0 Å². The number of hydrogen-bond donors (Lipinski definition) is 2. The summed E-state index contributed by atoms with van der Waals surface area (Å²) in [6, 6.07) is 0. The first kappa shape index (κ1) is 19.8. The molecule has 2 heterocycles. The summed E-state index contributed by atoms with van der Waals surface area (Å²) in [5.41, 5.74) is 0. The summed E-state index contributed by atoms with van der Waals surface area (Å²) >= 11 is 19.3. The van der Waals surface area contributed by atoms with Gasteiger partial charge in [-0.25, -0.2) is 0 Å². The Hall–Kier alpha value is 0.763. The standard InChI is InChI=1S/2C5H10N2S2.Zn/c2*8-5(9)7-3-1-6-2-4-7;/h2*6H,1-4H2,(H,8,9);/q;;+2/p-2. The molecule has 0 spiro atoms. The van der Waals surface area contributed by atoms with Gasteiger partial charge in [0.25, 0.3) is 0 Å².